The van der Waals surface area contributed by atoms with Gasteiger partial charge in [0.15, 0.2) is 11.5 Å². The van der Waals surface area contributed by atoms with Gasteiger partial charge in [0.1, 0.15) is 17.2 Å². The number of hydrogen-bond donors (Lipinski definition) is 1. The number of methoxy groups -OCH3 is 1. The van der Waals surface area contributed by atoms with Crippen molar-refractivity contribution < 1.29 is 14.2 Å². The van der Waals surface area contributed by atoms with Crippen molar-refractivity contribution in [1.29, 1.82) is 5.26 Å². The Morgan fingerprint density at radius 2 is 2.14 bits per heavy atom. The molecule has 1 aromatic carbocycles. The van der Waals surface area contributed by atoms with E-state index in [-0.39, 0.29) is 13.0 Å². The fraction of sp³-hybridized carbons (Fsp3) is 0.476. The lowest BCUT2D eigenvalue weighted by molar-refractivity contribution is 0.170. The number of aryl methyl sites for hydroxylation is 1. The summed E-state index contributed by atoms with van der Waals surface area (Å²) in [6.45, 7) is 1.14. The monoisotopic (exact) mass is 397 g/mol. The van der Waals surface area contributed by atoms with Gasteiger partial charge in [0.25, 0.3) is 0 Å². The van der Waals surface area contributed by atoms with Gasteiger partial charge in [-0.15, -0.1) is 11.3 Å². The smallest absolute Gasteiger partial charge is 0.231 e. The molecule has 0 radical (unpaired) electrons. The molecule has 1 atom stereocenters. The fourth-order valence-corrected chi connectivity index (χ4v) is 5.79. The van der Waals surface area contributed by atoms with Crippen LogP contribution in [0, 0.1) is 11.3 Å². The molecule has 1 aromatic heterocycles. The van der Waals surface area contributed by atoms with E-state index in [1.165, 1.54) is 28.8 Å². The molecular weight excluding hydrogens is 374 g/mol. The van der Waals surface area contributed by atoms with Crippen molar-refractivity contribution >= 4 is 16.3 Å². The normalized spacial score (nSPS) is 20.2. The largest absolute Gasteiger partial charge is 0.492 e. The molecule has 7 heteroatoms. The molecule has 2 aromatic rings. The number of fused-ring (bicyclic) bond motifs is 3. The summed E-state index contributed by atoms with van der Waals surface area (Å²) < 4.78 is 17.1. The van der Waals surface area contributed by atoms with Crippen LogP contribution in [0.15, 0.2) is 6.07 Å². The van der Waals surface area contributed by atoms with Crippen molar-refractivity contribution in [2.75, 3.05) is 32.8 Å². The van der Waals surface area contributed by atoms with Crippen LogP contribution < -0.4 is 19.5 Å². The first-order chi connectivity index (χ1) is 13.7. The van der Waals surface area contributed by atoms with Gasteiger partial charge in [-0.3, -0.25) is 4.90 Å². The standard InChI is InChI=1S/C21H23N3O3S/c1-24-8-7-12-9-15-18(27-11-26-15)19(25-2)17(12)20(24)23-21-14(10-22)13-5-3-4-6-16(13)28-21/h9,20,23H,3-8,11H2,1-2H3. The molecule has 6 nitrogen and oxygen atoms in total. The molecule has 1 aliphatic carbocycles. The summed E-state index contributed by atoms with van der Waals surface area (Å²) in [6, 6.07) is 4.53. The number of hydrogen-bond acceptors (Lipinski definition) is 7. The molecule has 0 fully saturated rings. The third-order valence-electron chi connectivity index (χ3n) is 5.95. The molecule has 0 spiro atoms. The van der Waals surface area contributed by atoms with Crippen molar-refractivity contribution in [2.24, 2.45) is 0 Å². The second-order valence-electron chi connectivity index (χ2n) is 7.52. The number of anilines is 1. The lowest BCUT2D eigenvalue weighted by atomic mass is 9.94. The molecule has 0 saturated heterocycles. The van der Waals surface area contributed by atoms with Crippen LogP contribution in [0.25, 0.3) is 0 Å². The van der Waals surface area contributed by atoms with Gasteiger partial charge in [0.05, 0.1) is 12.7 Å². The summed E-state index contributed by atoms with van der Waals surface area (Å²) in [5, 5.41) is 14.5. The first kappa shape index (κ1) is 17.7. The molecule has 0 bridgehead atoms. The van der Waals surface area contributed by atoms with Crippen LogP contribution in [0.4, 0.5) is 5.00 Å². The molecule has 28 heavy (non-hydrogen) atoms. The number of nitrogens with one attached hydrogen (secondary N) is 1. The van der Waals surface area contributed by atoms with E-state index in [0.29, 0.717) is 5.75 Å². The van der Waals surface area contributed by atoms with Gasteiger partial charge in [-0.05, 0) is 56.3 Å². The summed E-state index contributed by atoms with van der Waals surface area (Å²) in [5.74, 6) is 2.16. The maximum atomic E-state index is 9.82. The molecule has 2 aliphatic heterocycles. The van der Waals surface area contributed by atoms with Gasteiger partial charge in [0, 0.05) is 17.0 Å². The SMILES string of the molecule is COc1c2c(cc3c1C(Nc1sc4c(c1C#N)CCCC4)N(C)CC3)OCO2. The van der Waals surface area contributed by atoms with Crippen LogP contribution in [0.2, 0.25) is 0 Å². The highest BCUT2D eigenvalue weighted by molar-refractivity contribution is 7.16. The second-order valence-corrected chi connectivity index (χ2v) is 8.63. The minimum atomic E-state index is -0.0830. The number of nitriles is 1. The molecule has 3 aliphatic rings. The van der Waals surface area contributed by atoms with Crippen LogP contribution in [-0.2, 0) is 19.3 Å². The summed E-state index contributed by atoms with van der Waals surface area (Å²) >= 11 is 1.74. The second kappa shape index (κ2) is 6.87. The molecule has 1 N–H and O–H groups in total. The maximum Gasteiger partial charge on any atom is 0.231 e. The molecule has 0 amide bonds. The van der Waals surface area contributed by atoms with E-state index in [2.05, 4.69) is 29.4 Å². The number of likely N-dealkylation sites (N-methyl/N-ethyl adjacent to an activating group) is 1. The average molecular weight is 398 g/mol. The summed E-state index contributed by atoms with van der Waals surface area (Å²) in [5.41, 5.74) is 4.35. The fourth-order valence-electron chi connectivity index (χ4n) is 4.53. The van der Waals surface area contributed by atoms with E-state index in [4.69, 9.17) is 14.2 Å². The van der Waals surface area contributed by atoms with Crippen LogP contribution in [0.3, 0.4) is 0 Å². The highest BCUT2D eigenvalue weighted by atomic mass is 32.1. The predicted molar refractivity (Wildman–Crippen MR) is 107 cm³/mol. The third kappa shape index (κ3) is 2.63. The first-order valence-corrected chi connectivity index (χ1v) is 10.5. The summed E-state index contributed by atoms with van der Waals surface area (Å²) in [7, 11) is 3.78. The zero-order valence-electron chi connectivity index (χ0n) is 16.1. The van der Waals surface area contributed by atoms with Crippen molar-refractivity contribution in [3.05, 3.63) is 33.2 Å². The molecular formula is C21H23N3O3S. The van der Waals surface area contributed by atoms with Crippen LogP contribution in [-0.4, -0.2) is 32.4 Å². The van der Waals surface area contributed by atoms with E-state index < -0.39 is 0 Å². The van der Waals surface area contributed by atoms with E-state index in [1.807, 2.05) is 0 Å². The Morgan fingerprint density at radius 1 is 1.29 bits per heavy atom. The molecule has 146 valence electrons. The Balaban J connectivity index is 1.59. The Labute approximate surface area is 168 Å². The number of rotatable bonds is 3. The highest BCUT2D eigenvalue weighted by Gasteiger charge is 2.35. The molecule has 5 rings (SSSR count). The van der Waals surface area contributed by atoms with Crippen LogP contribution in [0.5, 0.6) is 17.2 Å². The Kier molecular flexibility index (Phi) is 4.33. The highest BCUT2D eigenvalue weighted by Crippen LogP contribution is 2.50. The lowest BCUT2D eigenvalue weighted by Crippen LogP contribution is -2.37. The Bertz CT molecular complexity index is 978. The first-order valence-electron chi connectivity index (χ1n) is 9.72. The van der Waals surface area contributed by atoms with Crippen molar-refractivity contribution in [3.63, 3.8) is 0 Å². The Morgan fingerprint density at radius 3 is 2.96 bits per heavy atom. The molecule has 3 heterocycles. The van der Waals surface area contributed by atoms with E-state index in [0.717, 1.165) is 53.4 Å². The summed E-state index contributed by atoms with van der Waals surface area (Å²) in [6.07, 6.45) is 5.30. The topological polar surface area (TPSA) is 66.8 Å². The van der Waals surface area contributed by atoms with Gasteiger partial charge in [-0.1, -0.05) is 0 Å². The van der Waals surface area contributed by atoms with Crippen LogP contribution in [0.1, 0.15) is 46.1 Å². The van der Waals surface area contributed by atoms with E-state index in [9.17, 15) is 5.26 Å². The molecule has 0 saturated carbocycles. The maximum absolute atomic E-state index is 9.82. The van der Waals surface area contributed by atoms with Gasteiger partial charge < -0.3 is 19.5 Å². The quantitative estimate of drug-likeness (QED) is 0.849. The van der Waals surface area contributed by atoms with Gasteiger partial charge in [-0.2, -0.15) is 5.26 Å². The van der Waals surface area contributed by atoms with Crippen molar-refractivity contribution in [1.82, 2.24) is 4.90 Å². The molecule has 1 unspecified atom stereocenters. The van der Waals surface area contributed by atoms with Gasteiger partial charge in [-0.25, -0.2) is 0 Å². The number of nitrogens with zero attached hydrogens (tertiary/aromatic N) is 2. The lowest BCUT2D eigenvalue weighted by Gasteiger charge is -2.36. The van der Waals surface area contributed by atoms with Gasteiger partial charge >= 0.3 is 0 Å². The van der Waals surface area contributed by atoms with Crippen molar-refractivity contribution in [3.8, 4) is 23.3 Å². The van der Waals surface area contributed by atoms with E-state index >= 15 is 0 Å². The number of ether oxygens (including phenoxy) is 3. The van der Waals surface area contributed by atoms with Crippen molar-refractivity contribution in [2.45, 2.75) is 38.3 Å². The minimum Gasteiger partial charge on any atom is -0.492 e. The van der Waals surface area contributed by atoms with E-state index in [1.54, 1.807) is 18.4 Å². The summed E-state index contributed by atoms with van der Waals surface area (Å²) in [4.78, 5) is 3.63. The van der Waals surface area contributed by atoms with Crippen LogP contribution >= 0.6 is 11.3 Å². The third-order valence-corrected chi connectivity index (χ3v) is 7.17. The number of benzene rings is 1. The Hall–Kier alpha value is -2.43. The van der Waals surface area contributed by atoms with Gasteiger partial charge in [0.2, 0.25) is 12.5 Å². The minimum absolute atomic E-state index is 0.0830. The predicted octanol–water partition coefficient (Wildman–Crippen LogP) is 3.83. The zero-order chi connectivity index (χ0) is 19.3. The zero-order valence-corrected chi connectivity index (χ0v) is 16.9. The number of thiophene rings is 1. The average Bonchev–Trinajstić information content (AvgIpc) is 3.32.